The molecule has 0 aromatic heterocycles. The van der Waals surface area contributed by atoms with Crippen LogP contribution in [0.15, 0.2) is 18.2 Å². The highest BCUT2D eigenvalue weighted by molar-refractivity contribution is 5.98. The van der Waals surface area contributed by atoms with E-state index in [2.05, 4.69) is 20.8 Å². The van der Waals surface area contributed by atoms with Crippen LogP contribution in [0.2, 0.25) is 0 Å². The summed E-state index contributed by atoms with van der Waals surface area (Å²) in [5.41, 5.74) is 16.0. The summed E-state index contributed by atoms with van der Waals surface area (Å²) in [5.74, 6) is -1.30. The third kappa shape index (κ3) is 15.0. The Kier molecular flexibility index (Phi) is 15.9. The number of carboxylic acid groups (broad SMARTS) is 3. The van der Waals surface area contributed by atoms with E-state index in [0.717, 1.165) is 36.0 Å². The first-order chi connectivity index (χ1) is 18.3. The molecule has 3 aliphatic rings. The standard InChI is InChI=1S/C9H6O6.3C7H15N/c10-7(11)4-1-5(8(12)13)3-6(2-4)9(14)15;3*1-6-2-4-7(8)5-3-6/h1-3H,(H,10,11)(H,12,13)(H,14,15);3*6-7H,2-5,8H2,1H3. The van der Waals surface area contributed by atoms with Gasteiger partial charge in [0.05, 0.1) is 16.7 Å². The highest BCUT2D eigenvalue weighted by Crippen LogP contribution is 2.23. The molecule has 0 heterocycles. The van der Waals surface area contributed by atoms with Crippen molar-refractivity contribution in [2.24, 2.45) is 35.0 Å². The Balaban J connectivity index is 0.000000273. The van der Waals surface area contributed by atoms with Crippen molar-refractivity contribution in [2.75, 3.05) is 0 Å². The Morgan fingerprint density at radius 2 is 0.667 bits per heavy atom. The first kappa shape index (κ1) is 34.5. The smallest absolute Gasteiger partial charge is 0.335 e. The third-order valence-corrected chi connectivity index (χ3v) is 7.86. The zero-order valence-electron chi connectivity index (χ0n) is 24.0. The van der Waals surface area contributed by atoms with Crippen LogP contribution in [0.25, 0.3) is 0 Å². The lowest BCUT2D eigenvalue weighted by molar-refractivity contribution is 0.0696. The number of rotatable bonds is 3. The fraction of sp³-hybridized carbons (Fsp3) is 0.700. The van der Waals surface area contributed by atoms with Gasteiger partial charge >= 0.3 is 17.9 Å². The van der Waals surface area contributed by atoms with Crippen LogP contribution < -0.4 is 17.2 Å². The number of nitrogens with two attached hydrogens (primary N) is 3. The molecule has 3 saturated carbocycles. The molecule has 0 amide bonds. The molecule has 4 rings (SSSR count). The van der Waals surface area contributed by atoms with Gasteiger partial charge in [-0.25, -0.2) is 14.4 Å². The predicted octanol–water partition coefficient (Wildman–Crippen LogP) is 5.35. The van der Waals surface area contributed by atoms with E-state index in [1.165, 1.54) is 77.0 Å². The number of carboxylic acids is 3. The van der Waals surface area contributed by atoms with Crippen molar-refractivity contribution in [3.63, 3.8) is 0 Å². The first-order valence-electron chi connectivity index (χ1n) is 14.4. The molecule has 1 aromatic rings. The molecule has 1 aromatic carbocycles. The molecule has 0 atom stereocenters. The van der Waals surface area contributed by atoms with Crippen LogP contribution >= 0.6 is 0 Å². The van der Waals surface area contributed by atoms with Crippen LogP contribution in [0.3, 0.4) is 0 Å². The number of hydrogen-bond acceptors (Lipinski definition) is 6. The van der Waals surface area contributed by atoms with Crippen molar-refractivity contribution >= 4 is 17.9 Å². The van der Waals surface area contributed by atoms with Gasteiger partial charge in [-0.05, 0) is 113 Å². The van der Waals surface area contributed by atoms with Gasteiger partial charge in [-0.15, -0.1) is 0 Å². The summed E-state index contributed by atoms with van der Waals surface area (Å²) in [6.07, 6.45) is 15.6. The number of carbonyl (C=O) groups is 3. The summed E-state index contributed by atoms with van der Waals surface area (Å²) in [5, 5.41) is 25.8. The van der Waals surface area contributed by atoms with Crippen LogP contribution in [0, 0.1) is 17.8 Å². The number of benzene rings is 1. The first-order valence-corrected chi connectivity index (χ1v) is 14.4. The molecule has 3 aliphatic carbocycles. The van der Waals surface area contributed by atoms with Crippen molar-refractivity contribution in [3.8, 4) is 0 Å². The van der Waals surface area contributed by atoms with Crippen molar-refractivity contribution in [1.82, 2.24) is 0 Å². The van der Waals surface area contributed by atoms with Gasteiger partial charge in [-0.2, -0.15) is 0 Å². The average molecular weight is 550 g/mol. The Bertz CT molecular complexity index is 728. The molecule has 9 N–H and O–H groups in total. The Morgan fingerprint density at radius 3 is 0.795 bits per heavy atom. The third-order valence-electron chi connectivity index (χ3n) is 7.86. The number of aromatic carboxylic acids is 3. The largest absolute Gasteiger partial charge is 0.478 e. The zero-order chi connectivity index (χ0) is 29.5. The Morgan fingerprint density at radius 1 is 0.487 bits per heavy atom. The maximum Gasteiger partial charge on any atom is 0.335 e. The van der Waals surface area contributed by atoms with Crippen LogP contribution in [0.5, 0.6) is 0 Å². The molecule has 0 saturated heterocycles. The van der Waals surface area contributed by atoms with E-state index in [1.54, 1.807) is 0 Å². The fourth-order valence-corrected chi connectivity index (χ4v) is 4.86. The van der Waals surface area contributed by atoms with E-state index >= 15 is 0 Å². The lowest BCUT2D eigenvalue weighted by Gasteiger charge is -2.22. The normalized spacial score (nSPS) is 28.2. The molecule has 0 aliphatic heterocycles. The van der Waals surface area contributed by atoms with Gasteiger partial charge in [0.15, 0.2) is 0 Å². The Labute approximate surface area is 233 Å². The minimum Gasteiger partial charge on any atom is -0.478 e. The fourth-order valence-electron chi connectivity index (χ4n) is 4.86. The van der Waals surface area contributed by atoms with E-state index in [1.807, 2.05) is 0 Å². The predicted molar refractivity (Wildman–Crippen MR) is 154 cm³/mol. The van der Waals surface area contributed by atoms with Crippen LogP contribution in [0.4, 0.5) is 0 Å². The molecule has 0 radical (unpaired) electrons. The van der Waals surface area contributed by atoms with E-state index in [-0.39, 0.29) is 16.7 Å². The molecule has 0 bridgehead atoms. The molecule has 3 fully saturated rings. The average Bonchev–Trinajstić information content (AvgIpc) is 2.90. The zero-order valence-corrected chi connectivity index (χ0v) is 24.0. The Hall–Kier alpha value is -2.49. The number of hydrogen-bond donors (Lipinski definition) is 6. The molecule has 9 nitrogen and oxygen atoms in total. The monoisotopic (exact) mass is 549 g/mol. The van der Waals surface area contributed by atoms with Crippen molar-refractivity contribution in [3.05, 3.63) is 34.9 Å². The maximum absolute atomic E-state index is 10.6. The quantitative estimate of drug-likeness (QED) is 0.288. The maximum atomic E-state index is 10.6. The summed E-state index contributed by atoms with van der Waals surface area (Å²) >= 11 is 0. The molecule has 222 valence electrons. The van der Waals surface area contributed by atoms with Gasteiger partial charge in [0.1, 0.15) is 0 Å². The van der Waals surface area contributed by atoms with Gasteiger partial charge in [-0.1, -0.05) is 20.8 Å². The molecule has 9 heteroatoms. The second-order valence-corrected chi connectivity index (χ2v) is 11.8. The topological polar surface area (TPSA) is 190 Å². The van der Waals surface area contributed by atoms with Crippen molar-refractivity contribution in [2.45, 2.75) is 116 Å². The molecule has 0 unspecified atom stereocenters. The van der Waals surface area contributed by atoms with Gasteiger partial charge in [-0.3, -0.25) is 0 Å². The van der Waals surface area contributed by atoms with Gasteiger partial charge < -0.3 is 32.5 Å². The summed E-state index contributed by atoms with van der Waals surface area (Å²) in [4.78, 5) is 31.7. The minimum atomic E-state index is -1.37. The molecular formula is C30H51N3O6. The van der Waals surface area contributed by atoms with Gasteiger partial charge in [0, 0.05) is 18.1 Å². The summed E-state index contributed by atoms with van der Waals surface area (Å²) in [7, 11) is 0. The highest BCUT2D eigenvalue weighted by atomic mass is 16.4. The van der Waals surface area contributed by atoms with Crippen molar-refractivity contribution < 1.29 is 29.7 Å². The van der Waals surface area contributed by atoms with Crippen LogP contribution in [0.1, 0.15) is 129 Å². The highest BCUT2D eigenvalue weighted by Gasteiger charge is 2.16. The van der Waals surface area contributed by atoms with Gasteiger partial charge in [0.25, 0.3) is 0 Å². The summed E-state index contributed by atoms with van der Waals surface area (Å²) in [6.45, 7) is 6.93. The van der Waals surface area contributed by atoms with E-state index in [9.17, 15) is 14.4 Å². The lowest BCUT2D eigenvalue weighted by Crippen LogP contribution is -2.25. The summed E-state index contributed by atoms with van der Waals surface area (Å²) < 4.78 is 0. The van der Waals surface area contributed by atoms with Crippen molar-refractivity contribution in [1.29, 1.82) is 0 Å². The molecule has 0 spiro atoms. The van der Waals surface area contributed by atoms with E-state index < -0.39 is 17.9 Å². The van der Waals surface area contributed by atoms with Gasteiger partial charge in [0.2, 0.25) is 0 Å². The van der Waals surface area contributed by atoms with E-state index in [4.69, 9.17) is 32.5 Å². The molecular weight excluding hydrogens is 498 g/mol. The minimum absolute atomic E-state index is 0.368. The lowest BCUT2D eigenvalue weighted by atomic mass is 9.88. The van der Waals surface area contributed by atoms with Crippen LogP contribution in [-0.2, 0) is 0 Å². The van der Waals surface area contributed by atoms with Crippen LogP contribution in [-0.4, -0.2) is 51.4 Å². The second kappa shape index (κ2) is 18.0. The second-order valence-electron chi connectivity index (χ2n) is 11.8. The summed E-state index contributed by atoms with van der Waals surface area (Å²) in [6, 6.07) is 4.26. The SMILES string of the molecule is CC1CCC(N)CC1.CC1CCC(N)CC1.CC1CCC(N)CC1.O=C(O)c1cc(C(=O)O)cc(C(=O)O)c1. The van der Waals surface area contributed by atoms with E-state index in [0.29, 0.717) is 18.1 Å². The molecule has 39 heavy (non-hydrogen) atoms.